The van der Waals surface area contributed by atoms with E-state index in [4.69, 9.17) is 8.84 Å². The normalized spacial score (nSPS) is 24.8. The quantitative estimate of drug-likeness (QED) is 0.154. The van der Waals surface area contributed by atoms with E-state index in [1.807, 2.05) is 18.2 Å². The standard InChI is InChI=1S/C35H43N5O5Si/c1-21-18-37-20-35(40-33(42)43,30(21)45-46(5,6)34(2,3)4)26-14-15-36-19-28(26)38-31(41)27-13-12-23-16-29(44-32(23)39-27)25-17-24(25)22-10-8-7-9-11-22/h7-16,19,21,24-25,30,37,40H,17-18,20H2,1-6H3,(H,38,41)(H,42,43)/t21-,24?,25?,30+,35-/m0/s1. The summed E-state index contributed by atoms with van der Waals surface area (Å²) in [6.07, 6.45) is 2.48. The topological polar surface area (TPSA) is 139 Å². The number of carbonyl (C=O) groups is 2. The van der Waals surface area contributed by atoms with Crippen LogP contribution in [0.5, 0.6) is 0 Å². The third-order valence-electron chi connectivity index (χ3n) is 10.00. The van der Waals surface area contributed by atoms with Crippen molar-refractivity contribution < 1.29 is 23.5 Å². The first-order valence-electron chi connectivity index (χ1n) is 15.9. The Morgan fingerprint density at radius 1 is 1.11 bits per heavy atom. The molecule has 242 valence electrons. The van der Waals surface area contributed by atoms with Crippen LogP contribution in [0.15, 0.2) is 71.4 Å². The fourth-order valence-corrected chi connectivity index (χ4v) is 7.84. The van der Waals surface area contributed by atoms with Gasteiger partial charge in [-0.1, -0.05) is 58.0 Å². The number of nitrogens with one attached hydrogen (secondary N) is 3. The average molecular weight is 642 g/mol. The van der Waals surface area contributed by atoms with Gasteiger partial charge < -0.3 is 29.9 Å². The minimum atomic E-state index is -2.34. The van der Waals surface area contributed by atoms with E-state index in [9.17, 15) is 14.7 Å². The van der Waals surface area contributed by atoms with Crippen molar-refractivity contribution in [3.63, 3.8) is 0 Å². The molecule has 2 unspecified atom stereocenters. The van der Waals surface area contributed by atoms with E-state index in [2.05, 4.69) is 91.0 Å². The largest absolute Gasteiger partial charge is 0.465 e. The van der Waals surface area contributed by atoms with Crippen molar-refractivity contribution in [3.8, 4) is 0 Å². The first-order valence-corrected chi connectivity index (χ1v) is 18.8. The highest BCUT2D eigenvalue weighted by atomic mass is 28.4. The number of rotatable bonds is 8. The van der Waals surface area contributed by atoms with E-state index >= 15 is 0 Å². The van der Waals surface area contributed by atoms with Crippen LogP contribution in [-0.4, -0.2) is 54.6 Å². The Bertz CT molecular complexity index is 1750. The molecule has 0 bridgehead atoms. The molecule has 1 aliphatic heterocycles. The summed E-state index contributed by atoms with van der Waals surface area (Å²) < 4.78 is 13.2. The van der Waals surface area contributed by atoms with Crippen molar-refractivity contribution in [1.29, 1.82) is 0 Å². The summed E-state index contributed by atoms with van der Waals surface area (Å²) in [6, 6.07) is 17.7. The third kappa shape index (κ3) is 6.06. The number of benzene rings is 1. The van der Waals surface area contributed by atoms with Crippen LogP contribution < -0.4 is 16.0 Å². The maximum atomic E-state index is 13.7. The summed E-state index contributed by atoms with van der Waals surface area (Å²) in [5, 5.41) is 20.1. The number of carbonyl (C=O) groups excluding carboxylic acids is 1. The van der Waals surface area contributed by atoms with Crippen molar-refractivity contribution in [2.24, 2.45) is 5.92 Å². The lowest BCUT2D eigenvalue weighted by atomic mass is 9.76. The predicted octanol–water partition coefficient (Wildman–Crippen LogP) is 6.84. The Balaban J connectivity index is 1.30. The molecule has 1 aromatic carbocycles. The summed E-state index contributed by atoms with van der Waals surface area (Å²) in [5.41, 5.74) is 1.64. The zero-order chi connectivity index (χ0) is 32.9. The van der Waals surface area contributed by atoms with Gasteiger partial charge in [-0.3, -0.25) is 9.78 Å². The highest BCUT2D eigenvalue weighted by molar-refractivity contribution is 6.74. The number of pyridine rings is 2. The molecule has 0 radical (unpaired) electrons. The second-order valence-electron chi connectivity index (χ2n) is 14.3. The molecule has 4 aromatic rings. The number of amides is 2. The van der Waals surface area contributed by atoms with E-state index in [0.29, 0.717) is 29.4 Å². The van der Waals surface area contributed by atoms with Gasteiger partial charge in [-0.15, -0.1) is 0 Å². The molecular formula is C35H43N5O5Si. The highest BCUT2D eigenvalue weighted by Crippen LogP contribution is 2.55. The Labute approximate surface area is 270 Å². The maximum absolute atomic E-state index is 13.7. The fourth-order valence-electron chi connectivity index (χ4n) is 6.42. The molecule has 10 nitrogen and oxygen atoms in total. The van der Waals surface area contributed by atoms with Crippen LogP contribution in [0, 0.1) is 5.92 Å². The lowest BCUT2D eigenvalue weighted by molar-refractivity contribution is 0.00490. The Morgan fingerprint density at radius 2 is 1.87 bits per heavy atom. The van der Waals surface area contributed by atoms with Gasteiger partial charge >= 0.3 is 6.09 Å². The lowest BCUT2D eigenvalue weighted by Gasteiger charge is -2.52. The Hall–Kier alpha value is -4.06. The van der Waals surface area contributed by atoms with Gasteiger partial charge in [0.2, 0.25) is 5.71 Å². The molecular weight excluding hydrogens is 599 g/mol. The van der Waals surface area contributed by atoms with E-state index in [1.165, 1.54) is 5.56 Å². The van der Waals surface area contributed by atoms with Crippen molar-refractivity contribution in [1.82, 2.24) is 20.6 Å². The monoisotopic (exact) mass is 641 g/mol. The highest BCUT2D eigenvalue weighted by Gasteiger charge is 2.53. The molecule has 0 spiro atoms. The smallest absolute Gasteiger partial charge is 0.405 e. The number of fused-ring (bicyclic) bond motifs is 1. The Morgan fingerprint density at radius 3 is 2.59 bits per heavy atom. The van der Waals surface area contributed by atoms with E-state index in [0.717, 1.165) is 17.6 Å². The molecule has 11 heteroatoms. The van der Waals surface area contributed by atoms with Crippen LogP contribution >= 0.6 is 0 Å². The van der Waals surface area contributed by atoms with Crippen LogP contribution in [0.1, 0.15) is 73.3 Å². The number of anilines is 1. The Kier molecular flexibility index (Phi) is 8.28. The van der Waals surface area contributed by atoms with Gasteiger partial charge in [-0.2, -0.15) is 0 Å². The molecule has 3 aromatic heterocycles. The van der Waals surface area contributed by atoms with Crippen LogP contribution in [0.2, 0.25) is 18.1 Å². The number of aromatic nitrogens is 2. The van der Waals surface area contributed by atoms with E-state index < -0.39 is 32.0 Å². The number of furan rings is 1. The van der Waals surface area contributed by atoms with E-state index in [1.54, 1.807) is 24.5 Å². The lowest BCUT2D eigenvalue weighted by Crippen LogP contribution is -2.68. The molecule has 6 rings (SSSR count). The average Bonchev–Trinajstić information content (AvgIpc) is 3.69. The van der Waals surface area contributed by atoms with Crippen molar-refractivity contribution >= 4 is 37.1 Å². The number of carboxylic acid groups (broad SMARTS) is 1. The fraction of sp³-hybridized carbons (Fsp3) is 0.429. The number of hydrogen-bond acceptors (Lipinski definition) is 7. The molecule has 2 amide bonds. The second-order valence-corrected chi connectivity index (χ2v) is 19.0. The summed E-state index contributed by atoms with van der Waals surface area (Å²) in [6.45, 7) is 13.8. The summed E-state index contributed by atoms with van der Waals surface area (Å²) in [7, 11) is -2.34. The first-order chi connectivity index (χ1) is 21.8. The number of hydrogen-bond donors (Lipinski definition) is 4. The van der Waals surface area contributed by atoms with Gasteiger partial charge in [0.05, 0.1) is 18.0 Å². The van der Waals surface area contributed by atoms with Gasteiger partial charge in [0.25, 0.3) is 5.91 Å². The zero-order valence-corrected chi connectivity index (χ0v) is 28.3. The van der Waals surface area contributed by atoms with Crippen molar-refractivity contribution in [2.45, 2.75) is 75.7 Å². The molecule has 4 heterocycles. The minimum Gasteiger partial charge on any atom is -0.465 e. The molecule has 46 heavy (non-hydrogen) atoms. The van der Waals surface area contributed by atoms with Crippen LogP contribution in [-0.2, 0) is 9.96 Å². The maximum Gasteiger partial charge on any atom is 0.405 e. The zero-order valence-electron chi connectivity index (χ0n) is 27.3. The second kappa shape index (κ2) is 11.9. The van der Waals surface area contributed by atoms with Crippen molar-refractivity contribution in [3.05, 3.63) is 89.6 Å². The van der Waals surface area contributed by atoms with Gasteiger partial charge in [-0.25, -0.2) is 9.78 Å². The van der Waals surface area contributed by atoms with Gasteiger partial charge in [0.1, 0.15) is 17.0 Å². The summed E-state index contributed by atoms with van der Waals surface area (Å²) in [5.74, 6) is 1.10. The first kappa shape index (κ1) is 31.9. The molecule has 5 atom stereocenters. The van der Waals surface area contributed by atoms with Crippen LogP contribution in [0.25, 0.3) is 11.1 Å². The van der Waals surface area contributed by atoms with E-state index in [-0.39, 0.29) is 29.1 Å². The number of nitrogens with zero attached hydrogens (tertiary/aromatic N) is 2. The van der Waals surface area contributed by atoms with Crippen molar-refractivity contribution in [2.75, 3.05) is 18.4 Å². The molecule has 2 fully saturated rings. The third-order valence-corrected chi connectivity index (χ3v) is 14.5. The molecule has 1 saturated carbocycles. The summed E-state index contributed by atoms with van der Waals surface area (Å²) in [4.78, 5) is 34.9. The van der Waals surface area contributed by atoms with Crippen LogP contribution in [0.3, 0.4) is 0 Å². The molecule has 1 aliphatic carbocycles. The van der Waals surface area contributed by atoms with Gasteiger partial charge in [0, 0.05) is 36.2 Å². The molecule has 4 N–H and O–H groups in total. The number of piperidine rings is 1. The van der Waals surface area contributed by atoms with Gasteiger partial charge in [-0.05, 0) is 66.2 Å². The minimum absolute atomic E-state index is 0.0309. The van der Waals surface area contributed by atoms with Crippen LogP contribution in [0.4, 0.5) is 10.5 Å². The SMILES string of the molecule is C[C@H]1CNC[C@](NC(=O)O)(c2ccncc2NC(=O)c2ccc3cc(C4CC4c4ccccc4)oc3n2)[C@@H]1O[Si](C)(C)C(C)(C)C. The molecule has 2 aliphatic rings. The predicted molar refractivity (Wildman–Crippen MR) is 180 cm³/mol. The molecule has 1 saturated heterocycles. The summed E-state index contributed by atoms with van der Waals surface area (Å²) >= 11 is 0. The van der Waals surface area contributed by atoms with Gasteiger partial charge in [0.15, 0.2) is 8.32 Å².